The van der Waals surface area contributed by atoms with Gasteiger partial charge in [-0.3, -0.25) is 9.78 Å². The van der Waals surface area contributed by atoms with E-state index in [1.165, 1.54) is 17.0 Å². The van der Waals surface area contributed by atoms with Crippen molar-refractivity contribution in [2.24, 2.45) is 0 Å². The molecule has 0 unspecified atom stereocenters. The van der Waals surface area contributed by atoms with E-state index < -0.39 is 10.0 Å². The van der Waals surface area contributed by atoms with Crippen LogP contribution in [-0.2, 0) is 21.4 Å². The smallest absolute Gasteiger partial charge is 0.240 e. The highest BCUT2D eigenvalue weighted by Gasteiger charge is 2.23. The third-order valence-corrected chi connectivity index (χ3v) is 5.16. The summed E-state index contributed by atoms with van der Waals surface area (Å²) in [5, 5.41) is 0. The molecule has 8 heteroatoms. The van der Waals surface area contributed by atoms with Gasteiger partial charge in [-0.2, -0.15) is 0 Å². The van der Waals surface area contributed by atoms with Crippen molar-refractivity contribution < 1.29 is 17.9 Å². The molecule has 0 saturated heterocycles. The third-order valence-electron chi connectivity index (χ3n) is 3.77. The van der Waals surface area contributed by atoms with Crippen molar-refractivity contribution >= 4 is 21.6 Å². The lowest BCUT2D eigenvalue weighted by molar-refractivity contribution is -0.118. The molecule has 0 spiro atoms. The molecular weight excluding hydrogens is 330 g/mol. The lowest BCUT2D eigenvalue weighted by Gasteiger charge is -2.17. The molecule has 0 bridgehead atoms. The minimum Gasteiger partial charge on any atom is -0.491 e. The third kappa shape index (κ3) is 3.39. The molecule has 24 heavy (non-hydrogen) atoms. The molecule has 1 aliphatic rings. The molecule has 0 atom stereocenters. The Labute approximate surface area is 140 Å². The Morgan fingerprint density at radius 3 is 2.75 bits per heavy atom. The number of fused-ring (bicyclic) bond motifs is 1. The van der Waals surface area contributed by atoms with Crippen LogP contribution < -0.4 is 14.4 Å². The number of carbonyl (C=O) groups is 1. The second-order valence-electron chi connectivity index (χ2n) is 5.36. The molecule has 1 aliphatic heterocycles. The molecule has 3 rings (SSSR count). The normalized spacial score (nSPS) is 14.7. The van der Waals surface area contributed by atoms with Gasteiger partial charge >= 0.3 is 0 Å². The molecule has 1 aromatic carbocycles. The molecule has 0 saturated carbocycles. The van der Waals surface area contributed by atoms with Crippen LogP contribution in [0, 0.1) is 0 Å². The molecule has 0 fully saturated rings. The Balaban J connectivity index is 1.86. The second-order valence-corrected chi connectivity index (χ2v) is 7.13. The number of hydrogen-bond donors (Lipinski definition) is 1. The minimum absolute atomic E-state index is 0.0838. The van der Waals surface area contributed by atoms with E-state index in [0.29, 0.717) is 11.4 Å². The zero-order valence-electron chi connectivity index (χ0n) is 13.1. The number of carbonyl (C=O) groups excluding carboxylic acids is 1. The standard InChI is InChI=1S/C16H17N3O4S/c1-19-14-10-13(2-3-15(14)23-9-6-16(19)20)24(21,22)18-11-12-4-7-17-8-5-12/h2-5,7-8,10,18H,6,9,11H2,1H3. The maximum atomic E-state index is 12.5. The second kappa shape index (κ2) is 6.58. The van der Waals surface area contributed by atoms with Gasteiger partial charge in [0, 0.05) is 26.0 Å². The molecule has 0 aliphatic carbocycles. The summed E-state index contributed by atoms with van der Waals surface area (Å²) in [4.78, 5) is 17.3. The van der Waals surface area contributed by atoms with Crippen LogP contribution in [0.5, 0.6) is 5.75 Å². The van der Waals surface area contributed by atoms with Gasteiger partial charge in [0.1, 0.15) is 5.75 Å². The molecule has 2 heterocycles. The van der Waals surface area contributed by atoms with E-state index in [4.69, 9.17) is 4.74 Å². The molecule has 0 radical (unpaired) electrons. The summed E-state index contributed by atoms with van der Waals surface area (Å²) in [6.07, 6.45) is 3.46. The van der Waals surface area contributed by atoms with Gasteiger partial charge in [0.05, 0.1) is 23.6 Å². The van der Waals surface area contributed by atoms with Crippen LogP contribution in [0.4, 0.5) is 5.69 Å². The molecule has 2 aromatic rings. The first-order chi connectivity index (χ1) is 11.5. The number of rotatable bonds is 4. The van der Waals surface area contributed by atoms with Gasteiger partial charge in [-0.25, -0.2) is 13.1 Å². The number of pyridine rings is 1. The van der Waals surface area contributed by atoms with Crippen molar-refractivity contribution in [3.63, 3.8) is 0 Å². The lowest BCUT2D eigenvalue weighted by atomic mass is 10.2. The zero-order valence-corrected chi connectivity index (χ0v) is 13.9. The fourth-order valence-electron chi connectivity index (χ4n) is 2.36. The first-order valence-electron chi connectivity index (χ1n) is 7.39. The summed E-state index contributed by atoms with van der Waals surface area (Å²) >= 11 is 0. The average Bonchev–Trinajstić information content (AvgIpc) is 2.73. The van der Waals surface area contributed by atoms with Crippen LogP contribution in [0.15, 0.2) is 47.6 Å². The number of ether oxygens (including phenoxy) is 1. The molecule has 1 amide bonds. The van der Waals surface area contributed by atoms with Gasteiger partial charge in [0.25, 0.3) is 0 Å². The monoisotopic (exact) mass is 347 g/mol. The van der Waals surface area contributed by atoms with Gasteiger partial charge in [0.15, 0.2) is 0 Å². The number of hydrogen-bond acceptors (Lipinski definition) is 5. The largest absolute Gasteiger partial charge is 0.491 e. The maximum absolute atomic E-state index is 12.5. The van der Waals surface area contributed by atoms with Crippen molar-refractivity contribution in [2.45, 2.75) is 17.9 Å². The van der Waals surface area contributed by atoms with Crippen molar-refractivity contribution in [1.29, 1.82) is 0 Å². The summed E-state index contributed by atoms with van der Waals surface area (Å²) in [5.41, 5.74) is 1.25. The Kier molecular flexibility index (Phi) is 4.50. The fraction of sp³-hybridized carbons (Fsp3) is 0.250. The number of nitrogens with one attached hydrogen (secondary N) is 1. The number of sulfonamides is 1. The van der Waals surface area contributed by atoms with Crippen LogP contribution in [0.2, 0.25) is 0 Å². The first kappa shape index (κ1) is 16.4. The average molecular weight is 347 g/mol. The predicted molar refractivity (Wildman–Crippen MR) is 88.2 cm³/mol. The minimum atomic E-state index is -3.71. The molecule has 1 N–H and O–H groups in total. The molecule has 7 nitrogen and oxygen atoms in total. The number of anilines is 1. The summed E-state index contributed by atoms with van der Waals surface area (Å²) < 4.78 is 33.0. The highest BCUT2D eigenvalue weighted by molar-refractivity contribution is 7.89. The van der Waals surface area contributed by atoms with Gasteiger partial charge in [-0.15, -0.1) is 0 Å². The highest BCUT2D eigenvalue weighted by atomic mass is 32.2. The topological polar surface area (TPSA) is 88.6 Å². The maximum Gasteiger partial charge on any atom is 0.240 e. The zero-order chi connectivity index (χ0) is 17.2. The van der Waals surface area contributed by atoms with Crippen LogP contribution in [0.3, 0.4) is 0 Å². The van der Waals surface area contributed by atoms with E-state index in [9.17, 15) is 13.2 Å². The number of aromatic nitrogens is 1. The number of amides is 1. The van der Waals surface area contributed by atoms with E-state index >= 15 is 0 Å². The van der Waals surface area contributed by atoms with Crippen LogP contribution in [0.25, 0.3) is 0 Å². The highest BCUT2D eigenvalue weighted by Crippen LogP contribution is 2.32. The van der Waals surface area contributed by atoms with Crippen molar-refractivity contribution in [1.82, 2.24) is 9.71 Å². The number of benzene rings is 1. The van der Waals surface area contributed by atoms with Gasteiger partial charge in [-0.05, 0) is 35.9 Å². The Morgan fingerprint density at radius 2 is 2.00 bits per heavy atom. The van der Waals surface area contributed by atoms with Crippen LogP contribution in [-0.4, -0.2) is 33.0 Å². The summed E-state index contributed by atoms with van der Waals surface area (Å²) in [5.74, 6) is 0.379. The van der Waals surface area contributed by atoms with Crippen LogP contribution in [0.1, 0.15) is 12.0 Å². The van der Waals surface area contributed by atoms with Gasteiger partial charge in [-0.1, -0.05) is 0 Å². The summed E-state index contributed by atoms with van der Waals surface area (Å²) in [6.45, 7) is 0.440. The van der Waals surface area contributed by atoms with E-state index in [1.54, 1.807) is 37.6 Å². The van der Waals surface area contributed by atoms with Gasteiger partial charge < -0.3 is 9.64 Å². The summed E-state index contributed by atoms with van der Waals surface area (Å²) in [6, 6.07) is 7.97. The van der Waals surface area contributed by atoms with Crippen molar-refractivity contribution in [3.8, 4) is 5.75 Å². The van der Waals surface area contributed by atoms with Gasteiger partial charge in [0.2, 0.25) is 15.9 Å². The van der Waals surface area contributed by atoms with E-state index in [1.807, 2.05) is 0 Å². The predicted octanol–water partition coefficient (Wildman–Crippen LogP) is 1.31. The van der Waals surface area contributed by atoms with E-state index in [-0.39, 0.29) is 30.4 Å². The van der Waals surface area contributed by atoms with E-state index in [0.717, 1.165) is 5.56 Å². The number of nitrogens with zero attached hydrogens (tertiary/aromatic N) is 2. The Morgan fingerprint density at radius 1 is 1.25 bits per heavy atom. The SMILES string of the molecule is CN1C(=O)CCOc2ccc(S(=O)(=O)NCc3ccncc3)cc21. The van der Waals surface area contributed by atoms with Crippen molar-refractivity contribution in [3.05, 3.63) is 48.3 Å². The van der Waals surface area contributed by atoms with E-state index in [2.05, 4.69) is 9.71 Å². The Hall–Kier alpha value is -2.45. The summed E-state index contributed by atoms with van der Waals surface area (Å²) in [7, 11) is -2.10. The first-order valence-corrected chi connectivity index (χ1v) is 8.88. The molecular formula is C16H17N3O4S. The lowest BCUT2D eigenvalue weighted by Crippen LogP contribution is -2.26. The Bertz CT molecular complexity index is 853. The quantitative estimate of drug-likeness (QED) is 0.901. The van der Waals surface area contributed by atoms with Crippen LogP contribution >= 0.6 is 0 Å². The molecule has 126 valence electrons. The molecule has 1 aromatic heterocycles. The van der Waals surface area contributed by atoms with Crippen molar-refractivity contribution in [2.75, 3.05) is 18.6 Å². The fourth-order valence-corrected chi connectivity index (χ4v) is 3.40.